The molecule has 0 fully saturated rings. The van der Waals surface area contributed by atoms with Crippen molar-refractivity contribution in [1.29, 1.82) is 0 Å². The second-order valence-electron chi connectivity index (χ2n) is 4.16. The van der Waals surface area contributed by atoms with E-state index in [-0.39, 0.29) is 5.84 Å². The lowest BCUT2D eigenvalue weighted by molar-refractivity contribution is 0.303. The Kier molecular flexibility index (Phi) is 4.44. The Labute approximate surface area is 117 Å². The number of amidine groups is 1. The normalized spacial score (nSPS) is 11.2. The van der Waals surface area contributed by atoms with Gasteiger partial charge in [-0.25, -0.2) is 0 Å². The van der Waals surface area contributed by atoms with Crippen molar-refractivity contribution in [1.82, 2.24) is 0 Å². The van der Waals surface area contributed by atoms with Crippen LogP contribution in [-0.2, 0) is 6.61 Å². The van der Waals surface area contributed by atoms with E-state index in [0.29, 0.717) is 23.7 Å². The van der Waals surface area contributed by atoms with E-state index in [0.717, 1.165) is 5.56 Å². The highest BCUT2D eigenvalue weighted by molar-refractivity contribution is 5.97. The molecular weight excluding hydrogens is 256 g/mol. The van der Waals surface area contributed by atoms with Gasteiger partial charge in [-0.15, -0.1) is 0 Å². The molecule has 0 amide bonds. The van der Waals surface area contributed by atoms with Crippen molar-refractivity contribution in [3.63, 3.8) is 0 Å². The van der Waals surface area contributed by atoms with E-state index in [2.05, 4.69) is 5.16 Å². The molecule has 3 N–H and O–H groups in total. The van der Waals surface area contributed by atoms with Crippen LogP contribution in [0.25, 0.3) is 0 Å². The van der Waals surface area contributed by atoms with Crippen LogP contribution in [0.4, 0.5) is 0 Å². The molecule has 0 aromatic heterocycles. The molecule has 104 valence electrons. The second-order valence-corrected chi connectivity index (χ2v) is 4.16. The number of oxime groups is 1. The zero-order chi connectivity index (χ0) is 14.4. The molecule has 0 aliphatic rings. The standard InChI is InChI=1S/C15H16N2O3/c1-19-13-7-12(15(16)17-18)8-14(9-13)20-10-11-5-3-2-4-6-11/h2-9,18H,10H2,1H3,(H2,16,17). The third kappa shape index (κ3) is 3.41. The van der Waals surface area contributed by atoms with Crippen LogP contribution in [0.15, 0.2) is 53.7 Å². The van der Waals surface area contributed by atoms with E-state index in [1.54, 1.807) is 25.3 Å². The van der Waals surface area contributed by atoms with Crippen LogP contribution in [0.2, 0.25) is 0 Å². The molecule has 0 atom stereocenters. The van der Waals surface area contributed by atoms with Crippen molar-refractivity contribution in [2.45, 2.75) is 6.61 Å². The average Bonchev–Trinajstić information content (AvgIpc) is 2.52. The van der Waals surface area contributed by atoms with E-state index >= 15 is 0 Å². The van der Waals surface area contributed by atoms with Crippen LogP contribution < -0.4 is 15.2 Å². The topological polar surface area (TPSA) is 77.1 Å². The predicted molar refractivity (Wildman–Crippen MR) is 76.3 cm³/mol. The number of methoxy groups -OCH3 is 1. The molecule has 5 heteroatoms. The third-order valence-corrected chi connectivity index (χ3v) is 2.77. The van der Waals surface area contributed by atoms with Crippen molar-refractivity contribution in [3.8, 4) is 11.5 Å². The third-order valence-electron chi connectivity index (χ3n) is 2.77. The molecule has 0 saturated heterocycles. The Morgan fingerprint density at radius 2 is 1.85 bits per heavy atom. The summed E-state index contributed by atoms with van der Waals surface area (Å²) < 4.78 is 10.9. The Morgan fingerprint density at radius 1 is 1.15 bits per heavy atom. The van der Waals surface area contributed by atoms with Gasteiger partial charge in [-0.1, -0.05) is 35.5 Å². The van der Waals surface area contributed by atoms with Crippen LogP contribution in [0.1, 0.15) is 11.1 Å². The summed E-state index contributed by atoms with van der Waals surface area (Å²) in [6.45, 7) is 0.434. The minimum atomic E-state index is 0.00783. The quantitative estimate of drug-likeness (QED) is 0.379. The van der Waals surface area contributed by atoms with Crippen molar-refractivity contribution < 1.29 is 14.7 Å². The molecule has 0 spiro atoms. The van der Waals surface area contributed by atoms with Crippen molar-refractivity contribution in [3.05, 3.63) is 59.7 Å². The zero-order valence-electron chi connectivity index (χ0n) is 11.1. The van der Waals surface area contributed by atoms with Gasteiger partial charge >= 0.3 is 0 Å². The SMILES string of the molecule is COc1cc(OCc2ccccc2)cc(/C(N)=N/O)c1. The smallest absolute Gasteiger partial charge is 0.170 e. The maximum absolute atomic E-state index is 8.73. The number of nitrogens with zero attached hydrogens (tertiary/aromatic N) is 1. The van der Waals surface area contributed by atoms with Gasteiger partial charge in [0.2, 0.25) is 0 Å². The van der Waals surface area contributed by atoms with Crippen molar-refractivity contribution >= 4 is 5.84 Å². The Morgan fingerprint density at radius 3 is 2.50 bits per heavy atom. The Hall–Kier alpha value is -2.69. The summed E-state index contributed by atoms with van der Waals surface area (Å²) in [5.41, 5.74) is 7.18. The van der Waals surface area contributed by atoms with Crippen LogP contribution in [-0.4, -0.2) is 18.2 Å². The lowest BCUT2D eigenvalue weighted by Gasteiger charge is -2.10. The fourth-order valence-corrected chi connectivity index (χ4v) is 1.72. The highest BCUT2D eigenvalue weighted by Gasteiger charge is 2.06. The average molecular weight is 272 g/mol. The van der Waals surface area contributed by atoms with Crippen LogP contribution in [0.5, 0.6) is 11.5 Å². The van der Waals surface area contributed by atoms with Crippen LogP contribution in [0.3, 0.4) is 0 Å². The van der Waals surface area contributed by atoms with Gasteiger partial charge in [0.15, 0.2) is 5.84 Å². The number of hydrogen-bond donors (Lipinski definition) is 2. The highest BCUT2D eigenvalue weighted by atomic mass is 16.5. The first kappa shape index (κ1) is 13.7. The van der Waals surface area contributed by atoms with E-state index in [1.807, 2.05) is 30.3 Å². The summed E-state index contributed by atoms with van der Waals surface area (Å²) in [5, 5.41) is 11.7. The van der Waals surface area contributed by atoms with E-state index in [9.17, 15) is 0 Å². The molecule has 20 heavy (non-hydrogen) atoms. The number of ether oxygens (including phenoxy) is 2. The van der Waals surface area contributed by atoms with E-state index in [1.165, 1.54) is 0 Å². The molecular formula is C15H16N2O3. The fourth-order valence-electron chi connectivity index (χ4n) is 1.72. The summed E-state index contributed by atoms with van der Waals surface area (Å²) in [5.74, 6) is 1.18. The van der Waals surface area contributed by atoms with E-state index < -0.39 is 0 Å². The molecule has 2 rings (SSSR count). The highest BCUT2D eigenvalue weighted by Crippen LogP contribution is 2.23. The maximum Gasteiger partial charge on any atom is 0.170 e. The summed E-state index contributed by atoms with van der Waals surface area (Å²) in [7, 11) is 1.55. The second kappa shape index (κ2) is 6.47. The van der Waals surface area contributed by atoms with Gasteiger partial charge in [-0.3, -0.25) is 0 Å². The van der Waals surface area contributed by atoms with Gasteiger partial charge in [0.25, 0.3) is 0 Å². The van der Waals surface area contributed by atoms with Gasteiger partial charge < -0.3 is 20.4 Å². The lowest BCUT2D eigenvalue weighted by Crippen LogP contribution is -2.13. The molecule has 0 radical (unpaired) electrons. The monoisotopic (exact) mass is 272 g/mol. The maximum atomic E-state index is 8.73. The predicted octanol–water partition coefficient (Wildman–Crippen LogP) is 2.37. The number of benzene rings is 2. The molecule has 0 aliphatic heterocycles. The first-order chi connectivity index (χ1) is 9.72. The lowest BCUT2D eigenvalue weighted by atomic mass is 10.2. The Bertz CT molecular complexity index is 597. The number of hydrogen-bond acceptors (Lipinski definition) is 4. The van der Waals surface area contributed by atoms with Crippen molar-refractivity contribution in [2.24, 2.45) is 10.9 Å². The van der Waals surface area contributed by atoms with Gasteiger partial charge in [0.1, 0.15) is 18.1 Å². The molecule has 2 aromatic rings. The van der Waals surface area contributed by atoms with Gasteiger partial charge in [-0.05, 0) is 17.7 Å². The summed E-state index contributed by atoms with van der Waals surface area (Å²) in [6.07, 6.45) is 0. The van der Waals surface area contributed by atoms with E-state index in [4.69, 9.17) is 20.4 Å². The van der Waals surface area contributed by atoms with Crippen LogP contribution in [0, 0.1) is 0 Å². The molecule has 2 aromatic carbocycles. The summed E-state index contributed by atoms with van der Waals surface area (Å²) >= 11 is 0. The molecule has 0 unspecified atom stereocenters. The minimum Gasteiger partial charge on any atom is -0.497 e. The molecule has 5 nitrogen and oxygen atoms in total. The van der Waals surface area contributed by atoms with Crippen molar-refractivity contribution in [2.75, 3.05) is 7.11 Å². The largest absolute Gasteiger partial charge is 0.497 e. The van der Waals surface area contributed by atoms with Crippen LogP contribution >= 0.6 is 0 Å². The first-order valence-corrected chi connectivity index (χ1v) is 6.06. The molecule has 0 saturated carbocycles. The van der Waals surface area contributed by atoms with Gasteiger partial charge in [-0.2, -0.15) is 0 Å². The first-order valence-electron chi connectivity index (χ1n) is 6.06. The minimum absolute atomic E-state index is 0.00783. The van der Waals surface area contributed by atoms with Gasteiger partial charge in [0.05, 0.1) is 7.11 Å². The van der Waals surface area contributed by atoms with Gasteiger partial charge in [0, 0.05) is 11.6 Å². The summed E-state index contributed by atoms with van der Waals surface area (Å²) in [6, 6.07) is 14.9. The molecule has 0 aliphatic carbocycles. The fraction of sp³-hybridized carbons (Fsp3) is 0.133. The molecule has 0 bridgehead atoms. The Balaban J connectivity index is 2.18. The molecule has 0 heterocycles. The number of rotatable bonds is 5. The summed E-state index contributed by atoms with van der Waals surface area (Å²) in [4.78, 5) is 0. The number of nitrogens with two attached hydrogens (primary N) is 1. The zero-order valence-corrected chi connectivity index (χ0v) is 11.1.